The molecule has 3 nitrogen and oxygen atoms in total. The Morgan fingerprint density at radius 2 is 1.46 bits per heavy atom. The van der Waals surface area contributed by atoms with Gasteiger partial charge in [0.2, 0.25) is 0 Å². The largest absolute Gasteiger partial charge is 0.274 e. The van der Waals surface area contributed by atoms with Crippen LogP contribution in [0, 0.1) is 0 Å². The van der Waals surface area contributed by atoms with E-state index < -0.39 is 0 Å². The Morgan fingerprint density at radius 1 is 0.808 bits per heavy atom. The van der Waals surface area contributed by atoms with E-state index in [0.29, 0.717) is 17.0 Å². The van der Waals surface area contributed by atoms with Gasteiger partial charge in [0.25, 0.3) is 11.8 Å². The van der Waals surface area contributed by atoms with Crippen molar-refractivity contribution in [2.75, 3.05) is 6.54 Å². The zero-order valence-electron chi connectivity index (χ0n) is 15.0. The van der Waals surface area contributed by atoms with Crippen LogP contribution in [0.25, 0.3) is 5.57 Å². The van der Waals surface area contributed by atoms with Gasteiger partial charge in [-0.05, 0) is 24.1 Å². The predicted octanol–water partition coefficient (Wildman–Crippen LogP) is 5.14. The van der Waals surface area contributed by atoms with E-state index in [0.717, 1.165) is 36.1 Å². The number of rotatable bonds is 8. The molecule has 1 heterocycles. The van der Waals surface area contributed by atoms with Crippen molar-refractivity contribution in [3.8, 4) is 0 Å². The Hall–Kier alpha value is -2.33. The van der Waals surface area contributed by atoms with Gasteiger partial charge < -0.3 is 0 Å². The molecule has 1 aliphatic heterocycles. The third-order valence-corrected chi connectivity index (χ3v) is 5.48. The Balaban J connectivity index is 1.90. The Morgan fingerprint density at radius 3 is 2.12 bits per heavy atom. The summed E-state index contributed by atoms with van der Waals surface area (Å²) < 4.78 is 0. The molecule has 26 heavy (non-hydrogen) atoms. The first-order valence-electron chi connectivity index (χ1n) is 9.11. The van der Waals surface area contributed by atoms with E-state index in [1.807, 2.05) is 60.7 Å². The molecule has 0 unspecified atom stereocenters. The van der Waals surface area contributed by atoms with Crippen LogP contribution in [-0.4, -0.2) is 23.3 Å². The molecule has 3 rings (SSSR count). The van der Waals surface area contributed by atoms with Gasteiger partial charge in [0, 0.05) is 11.4 Å². The predicted molar refractivity (Wildman–Crippen MR) is 107 cm³/mol. The van der Waals surface area contributed by atoms with E-state index in [9.17, 15) is 9.59 Å². The quantitative estimate of drug-likeness (QED) is 0.480. The third-order valence-electron chi connectivity index (χ3n) is 4.39. The van der Waals surface area contributed by atoms with Gasteiger partial charge in [-0.1, -0.05) is 86.5 Å². The second kappa shape index (κ2) is 8.86. The molecular formula is C22H23NO2S. The van der Waals surface area contributed by atoms with Gasteiger partial charge >= 0.3 is 0 Å². The van der Waals surface area contributed by atoms with Crippen LogP contribution in [0.5, 0.6) is 0 Å². The number of imide groups is 1. The average Bonchev–Trinajstić information content (AvgIpc) is 2.90. The van der Waals surface area contributed by atoms with Crippen molar-refractivity contribution in [2.24, 2.45) is 0 Å². The van der Waals surface area contributed by atoms with Crippen LogP contribution in [0.15, 0.2) is 70.5 Å². The molecule has 0 saturated heterocycles. The average molecular weight is 365 g/mol. The normalized spacial score (nSPS) is 14.4. The van der Waals surface area contributed by atoms with Crippen molar-refractivity contribution >= 4 is 29.1 Å². The lowest BCUT2D eigenvalue weighted by atomic mass is 10.1. The van der Waals surface area contributed by atoms with Crippen LogP contribution in [-0.2, 0) is 9.59 Å². The molecule has 0 aromatic heterocycles. The molecular weight excluding hydrogens is 342 g/mol. The summed E-state index contributed by atoms with van der Waals surface area (Å²) in [5.74, 6) is -0.338. The fourth-order valence-electron chi connectivity index (χ4n) is 3.01. The lowest BCUT2D eigenvalue weighted by Crippen LogP contribution is -2.32. The van der Waals surface area contributed by atoms with Crippen LogP contribution < -0.4 is 0 Å². The highest BCUT2D eigenvalue weighted by atomic mass is 32.2. The van der Waals surface area contributed by atoms with Crippen molar-refractivity contribution in [1.82, 2.24) is 4.90 Å². The Kier molecular flexibility index (Phi) is 6.29. The van der Waals surface area contributed by atoms with Gasteiger partial charge in [-0.2, -0.15) is 0 Å². The molecule has 2 aromatic rings. The molecule has 2 amide bonds. The number of nitrogens with zero attached hydrogens (tertiary/aromatic N) is 1. The number of benzene rings is 2. The molecule has 1 aliphatic rings. The van der Waals surface area contributed by atoms with Crippen molar-refractivity contribution in [2.45, 2.75) is 37.5 Å². The van der Waals surface area contributed by atoms with E-state index in [-0.39, 0.29) is 11.8 Å². The number of thioether (sulfide) groups is 1. The van der Waals surface area contributed by atoms with Gasteiger partial charge in [-0.15, -0.1) is 0 Å². The van der Waals surface area contributed by atoms with Crippen LogP contribution >= 0.6 is 11.8 Å². The smallest absolute Gasteiger partial charge is 0.268 e. The zero-order chi connectivity index (χ0) is 18.4. The van der Waals surface area contributed by atoms with Gasteiger partial charge in [-0.25, -0.2) is 0 Å². The molecule has 2 aromatic carbocycles. The summed E-state index contributed by atoms with van der Waals surface area (Å²) in [7, 11) is 0. The summed E-state index contributed by atoms with van der Waals surface area (Å²) in [5.41, 5.74) is 1.33. The highest BCUT2D eigenvalue weighted by Crippen LogP contribution is 2.39. The molecule has 0 fully saturated rings. The maximum absolute atomic E-state index is 13.0. The molecule has 134 valence electrons. The minimum atomic E-state index is -0.170. The van der Waals surface area contributed by atoms with E-state index >= 15 is 0 Å². The Labute approximate surface area is 159 Å². The molecule has 0 radical (unpaired) electrons. The number of hydrogen-bond donors (Lipinski definition) is 0. The summed E-state index contributed by atoms with van der Waals surface area (Å²) >= 11 is 1.38. The van der Waals surface area contributed by atoms with E-state index in [2.05, 4.69) is 6.92 Å². The molecule has 0 N–H and O–H groups in total. The van der Waals surface area contributed by atoms with Crippen LogP contribution in [0.2, 0.25) is 0 Å². The number of amides is 2. The number of carbonyl (C=O) groups is 2. The summed E-state index contributed by atoms with van der Waals surface area (Å²) in [6.07, 6.45) is 4.15. The fraction of sp³-hybridized carbons (Fsp3) is 0.273. The monoisotopic (exact) mass is 365 g/mol. The van der Waals surface area contributed by atoms with Crippen LogP contribution in [0.1, 0.15) is 38.2 Å². The third kappa shape index (κ3) is 4.07. The maximum atomic E-state index is 13.0. The standard InChI is InChI=1S/C22H23NO2S/c1-2-3-4-11-16-23-21(24)19(17-12-7-5-8-13-17)20(22(23)25)26-18-14-9-6-10-15-18/h5-10,12-15H,2-4,11,16H2,1H3. The fourth-order valence-corrected chi connectivity index (χ4v) is 4.05. The Bertz CT molecular complexity index is 799. The molecule has 0 spiro atoms. The SMILES string of the molecule is CCCCCCN1C(=O)C(Sc2ccccc2)=C(c2ccccc2)C1=O. The minimum Gasteiger partial charge on any atom is -0.274 e. The number of hydrogen-bond acceptors (Lipinski definition) is 3. The summed E-state index contributed by atoms with van der Waals surface area (Å²) in [6.45, 7) is 2.64. The first kappa shape index (κ1) is 18.5. The van der Waals surface area contributed by atoms with Gasteiger partial charge in [0.15, 0.2) is 0 Å². The summed E-state index contributed by atoms with van der Waals surface area (Å²) in [4.78, 5) is 28.9. The molecule has 0 saturated carbocycles. The highest BCUT2D eigenvalue weighted by Gasteiger charge is 2.38. The van der Waals surface area contributed by atoms with E-state index in [1.165, 1.54) is 16.7 Å². The molecule has 0 aliphatic carbocycles. The van der Waals surface area contributed by atoms with Gasteiger partial charge in [-0.3, -0.25) is 14.5 Å². The first-order valence-corrected chi connectivity index (χ1v) is 9.92. The van der Waals surface area contributed by atoms with Crippen molar-refractivity contribution < 1.29 is 9.59 Å². The topological polar surface area (TPSA) is 37.4 Å². The van der Waals surface area contributed by atoms with Gasteiger partial charge in [0.1, 0.15) is 0 Å². The van der Waals surface area contributed by atoms with Crippen molar-refractivity contribution in [3.63, 3.8) is 0 Å². The van der Waals surface area contributed by atoms with Crippen LogP contribution in [0.3, 0.4) is 0 Å². The second-order valence-electron chi connectivity index (χ2n) is 6.31. The number of carbonyl (C=O) groups excluding carboxylic acids is 2. The van der Waals surface area contributed by atoms with Crippen LogP contribution in [0.4, 0.5) is 0 Å². The van der Waals surface area contributed by atoms with E-state index in [4.69, 9.17) is 0 Å². The molecule has 0 bridgehead atoms. The lowest BCUT2D eigenvalue weighted by molar-refractivity contribution is -0.136. The molecule has 4 heteroatoms. The molecule has 0 atom stereocenters. The second-order valence-corrected chi connectivity index (χ2v) is 7.39. The maximum Gasteiger partial charge on any atom is 0.268 e. The summed E-state index contributed by atoms with van der Waals surface area (Å²) in [5, 5.41) is 0. The minimum absolute atomic E-state index is 0.167. The lowest BCUT2D eigenvalue weighted by Gasteiger charge is -2.14. The van der Waals surface area contributed by atoms with Crippen molar-refractivity contribution in [3.05, 3.63) is 71.1 Å². The highest BCUT2D eigenvalue weighted by molar-refractivity contribution is 8.04. The first-order chi connectivity index (χ1) is 12.7. The van der Waals surface area contributed by atoms with Crippen molar-refractivity contribution in [1.29, 1.82) is 0 Å². The summed E-state index contributed by atoms with van der Waals surface area (Å²) in [6, 6.07) is 19.2. The number of unbranched alkanes of at least 4 members (excludes halogenated alkanes) is 3. The van der Waals surface area contributed by atoms with E-state index in [1.54, 1.807) is 0 Å². The van der Waals surface area contributed by atoms with Gasteiger partial charge in [0.05, 0.1) is 10.5 Å². The zero-order valence-corrected chi connectivity index (χ0v) is 15.8.